The lowest BCUT2D eigenvalue weighted by Crippen LogP contribution is -2.27. The molecule has 0 aliphatic heterocycles. The van der Waals surface area contributed by atoms with E-state index in [4.69, 9.17) is 9.52 Å². The van der Waals surface area contributed by atoms with E-state index in [0.29, 0.717) is 22.4 Å². The highest BCUT2D eigenvalue weighted by molar-refractivity contribution is 7.89. The van der Waals surface area contributed by atoms with Gasteiger partial charge in [-0.25, -0.2) is 13.1 Å². The van der Waals surface area contributed by atoms with Gasteiger partial charge < -0.3 is 9.73 Å². The molecule has 0 aliphatic carbocycles. The molecule has 0 saturated heterocycles. The van der Waals surface area contributed by atoms with Crippen molar-refractivity contribution in [1.82, 2.24) is 9.78 Å². The van der Waals surface area contributed by atoms with E-state index in [1.54, 1.807) is 28.9 Å². The molecule has 0 saturated carbocycles. The lowest BCUT2D eigenvalue weighted by Gasteiger charge is -2.22. The molecule has 2 aromatic heterocycles. The van der Waals surface area contributed by atoms with Gasteiger partial charge in [0.05, 0.1) is 17.0 Å². The normalized spacial score (nSPS) is 13.0. The molecule has 0 fully saturated rings. The standard InChI is InChI=1S/C22H29N3O4S/c1-21(2,3)17-12-18(25(24-17)22(4,5)6)23-20(26)19-15(13-30(7,27)28)14-10-8-9-11-16(14)29-19/h8-12H,13H2,1-7H3,(H,23,26). The van der Waals surface area contributed by atoms with Crippen LogP contribution in [0.3, 0.4) is 0 Å². The van der Waals surface area contributed by atoms with Gasteiger partial charge in [-0.05, 0) is 26.8 Å². The van der Waals surface area contributed by atoms with Gasteiger partial charge in [-0.3, -0.25) is 4.79 Å². The molecule has 8 heteroatoms. The van der Waals surface area contributed by atoms with Crippen LogP contribution < -0.4 is 5.32 Å². The van der Waals surface area contributed by atoms with Crippen LogP contribution in [0.5, 0.6) is 0 Å². The molecule has 7 nitrogen and oxygen atoms in total. The molecule has 0 spiro atoms. The van der Waals surface area contributed by atoms with E-state index in [9.17, 15) is 13.2 Å². The summed E-state index contributed by atoms with van der Waals surface area (Å²) in [6, 6.07) is 8.89. The number of hydrogen-bond donors (Lipinski definition) is 1. The highest BCUT2D eigenvalue weighted by Crippen LogP contribution is 2.31. The molecular formula is C22H29N3O4S. The molecule has 3 rings (SSSR count). The largest absolute Gasteiger partial charge is 0.451 e. The zero-order chi connectivity index (χ0) is 22.5. The number of hydrogen-bond acceptors (Lipinski definition) is 5. The minimum Gasteiger partial charge on any atom is -0.451 e. The number of carbonyl (C=O) groups excluding carboxylic acids is 1. The number of anilines is 1. The van der Waals surface area contributed by atoms with Crippen LogP contribution in [0, 0.1) is 0 Å². The molecule has 0 radical (unpaired) electrons. The van der Waals surface area contributed by atoms with E-state index in [1.807, 2.05) is 26.8 Å². The SMILES string of the molecule is CC(C)(C)c1cc(NC(=O)c2oc3ccccc3c2CS(C)(=O)=O)n(C(C)(C)C)n1. The van der Waals surface area contributed by atoms with Crippen molar-refractivity contribution in [2.75, 3.05) is 11.6 Å². The second-order valence-electron chi connectivity index (χ2n) is 9.68. The Morgan fingerprint density at radius 3 is 2.33 bits per heavy atom. The van der Waals surface area contributed by atoms with E-state index < -0.39 is 15.7 Å². The predicted octanol–water partition coefficient (Wildman–Crippen LogP) is 4.48. The van der Waals surface area contributed by atoms with Gasteiger partial charge >= 0.3 is 0 Å². The van der Waals surface area contributed by atoms with Crippen LogP contribution in [0.2, 0.25) is 0 Å². The van der Waals surface area contributed by atoms with Gasteiger partial charge in [0.15, 0.2) is 15.6 Å². The first-order valence-electron chi connectivity index (χ1n) is 9.77. The quantitative estimate of drug-likeness (QED) is 0.657. The van der Waals surface area contributed by atoms with E-state index in [0.717, 1.165) is 11.9 Å². The van der Waals surface area contributed by atoms with Gasteiger partial charge in [0.25, 0.3) is 5.91 Å². The fraction of sp³-hybridized carbons (Fsp3) is 0.455. The van der Waals surface area contributed by atoms with Crippen molar-refractivity contribution in [3.8, 4) is 0 Å². The molecular weight excluding hydrogens is 402 g/mol. The molecule has 162 valence electrons. The molecule has 0 bridgehead atoms. The average molecular weight is 432 g/mol. The Morgan fingerprint density at radius 2 is 1.77 bits per heavy atom. The van der Waals surface area contributed by atoms with Gasteiger partial charge in [-0.2, -0.15) is 5.10 Å². The third-order valence-corrected chi connectivity index (χ3v) is 5.48. The Bertz CT molecular complexity index is 1210. The fourth-order valence-electron chi connectivity index (χ4n) is 3.21. The van der Waals surface area contributed by atoms with Crippen LogP contribution >= 0.6 is 0 Å². The van der Waals surface area contributed by atoms with Crippen LogP contribution in [0.25, 0.3) is 11.0 Å². The zero-order valence-corrected chi connectivity index (χ0v) is 19.3. The molecule has 30 heavy (non-hydrogen) atoms. The third kappa shape index (κ3) is 4.59. The Balaban J connectivity index is 2.08. The monoisotopic (exact) mass is 431 g/mol. The summed E-state index contributed by atoms with van der Waals surface area (Å²) in [7, 11) is -3.37. The lowest BCUT2D eigenvalue weighted by molar-refractivity contribution is 0.0996. The summed E-state index contributed by atoms with van der Waals surface area (Å²) in [4.78, 5) is 13.2. The highest BCUT2D eigenvalue weighted by atomic mass is 32.2. The third-order valence-electron chi connectivity index (χ3n) is 4.67. The number of rotatable bonds is 4. The topological polar surface area (TPSA) is 94.2 Å². The summed E-state index contributed by atoms with van der Waals surface area (Å²) in [6.07, 6.45) is 1.14. The first-order chi connectivity index (χ1) is 13.7. The van der Waals surface area contributed by atoms with E-state index in [1.165, 1.54) is 0 Å². The number of sulfone groups is 1. The number of benzene rings is 1. The molecule has 1 N–H and O–H groups in total. The number of amides is 1. The van der Waals surface area contributed by atoms with Crippen molar-refractivity contribution in [2.24, 2.45) is 0 Å². The molecule has 0 atom stereocenters. The fourth-order valence-corrected chi connectivity index (χ4v) is 4.02. The Kier molecular flexibility index (Phi) is 5.35. The van der Waals surface area contributed by atoms with Crippen LogP contribution in [0.4, 0.5) is 5.82 Å². The second kappa shape index (κ2) is 7.27. The maximum atomic E-state index is 13.2. The molecule has 3 aromatic rings. The smallest absolute Gasteiger partial charge is 0.292 e. The van der Waals surface area contributed by atoms with Crippen molar-refractivity contribution in [3.63, 3.8) is 0 Å². The number of fused-ring (bicyclic) bond motifs is 1. The predicted molar refractivity (Wildman–Crippen MR) is 119 cm³/mol. The molecule has 0 unspecified atom stereocenters. The van der Waals surface area contributed by atoms with Gasteiger partial charge in [-0.1, -0.05) is 39.0 Å². The Hall–Kier alpha value is -2.61. The molecule has 2 heterocycles. The summed E-state index contributed by atoms with van der Waals surface area (Å²) < 4.78 is 31.5. The summed E-state index contributed by atoms with van der Waals surface area (Å²) in [5.74, 6) is -0.252. The van der Waals surface area contributed by atoms with E-state index >= 15 is 0 Å². The maximum absolute atomic E-state index is 13.2. The summed E-state index contributed by atoms with van der Waals surface area (Å²) in [5, 5.41) is 8.20. The van der Waals surface area contributed by atoms with Crippen molar-refractivity contribution in [2.45, 2.75) is 58.2 Å². The molecule has 1 amide bonds. The van der Waals surface area contributed by atoms with E-state index in [2.05, 4.69) is 26.1 Å². The molecule has 0 aliphatic rings. The first-order valence-corrected chi connectivity index (χ1v) is 11.8. The number of carbonyl (C=O) groups is 1. The summed E-state index contributed by atoms with van der Waals surface area (Å²) in [5.41, 5.74) is 1.12. The zero-order valence-electron chi connectivity index (χ0n) is 18.5. The van der Waals surface area contributed by atoms with Crippen LogP contribution in [-0.4, -0.2) is 30.4 Å². The summed E-state index contributed by atoms with van der Waals surface area (Å²) >= 11 is 0. The van der Waals surface area contributed by atoms with Crippen LogP contribution in [0.1, 0.15) is 63.4 Å². The van der Waals surface area contributed by atoms with Crippen LogP contribution in [0.15, 0.2) is 34.7 Å². The highest BCUT2D eigenvalue weighted by Gasteiger charge is 2.28. The van der Waals surface area contributed by atoms with Crippen molar-refractivity contribution in [3.05, 3.63) is 47.3 Å². The van der Waals surface area contributed by atoms with E-state index in [-0.39, 0.29) is 22.5 Å². The summed E-state index contributed by atoms with van der Waals surface area (Å²) in [6.45, 7) is 12.2. The van der Waals surface area contributed by atoms with Crippen molar-refractivity contribution < 1.29 is 17.6 Å². The molecule has 1 aromatic carbocycles. The number of furan rings is 1. The van der Waals surface area contributed by atoms with Gasteiger partial charge in [0.1, 0.15) is 11.4 Å². The number of nitrogens with one attached hydrogen (secondary N) is 1. The number of aromatic nitrogens is 2. The maximum Gasteiger partial charge on any atom is 0.292 e. The van der Waals surface area contributed by atoms with Gasteiger partial charge in [-0.15, -0.1) is 0 Å². The number of nitrogens with zero attached hydrogens (tertiary/aromatic N) is 2. The first kappa shape index (κ1) is 22.1. The number of para-hydroxylation sites is 1. The Morgan fingerprint density at radius 1 is 1.13 bits per heavy atom. The average Bonchev–Trinajstić information content (AvgIpc) is 3.15. The Labute approximate surface area is 177 Å². The van der Waals surface area contributed by atoms with Crippen molar-refractivity contribution >= 4 is 32.5 Å². The lowest BCUT2D eigenvalue weighted by atomic mass is 9.92. The van der Waals surface area contributed by atoms with Crippen molar-refractivity contribution in [1.29, 1.82) is 0 Å². The minimum absolute atomic E-state index is 0.000549. The van der Waals surface area contributed by atoms with Gasteiger partial charge in [0.2, 0.25) is 0 Å². The van der Waals surface area contributed by atoms with Gasteiger partial charge in [0, 0.05) is 28.7 Å². The minimum atomic E-state index is -3.37. The second-order valence-corrected chi connectivity index (χ2v) is 11.8. The van der Waals surface area contributed by atoms with Crippen LogP contribution in [-0.2, 0) is 26.5 Å².